The largest absolute Gasteiger partial charge is 0.475 e. The fourth-order valence-corrected chi connectivity index (χ4v) is 1.34. The molecule has 1 heterocycles. The molecule has 0 aliphatic heterocycles. The Morgan fingerprint density at radius 3 is 3.12 bits per heavy atom. The SMILES string of the molecule is C=CCCOc1nccc(CNCCC)c1F. The quantitative estimate of drug-likeness (QED) is 0.558. The van der Waals surface area contributed by atoms with Crippen molar-refractivity contribution in [2.75, 3.05) is 13.2 Å². The maximum Gasteiger partial charge on any atom is 0.250 e. The van der Waals surface area contributed by atoms with Crippen molar-refractivity contribution in [2.45, 2.75) is 26.3 Å². The second-order valence-corrected chi connectivity index (χ2v) is 3.69. The van der Waals surface area contributed by atoms with E-state index < -0.39 is 0 Å². The van der Waals surface area contributed by atoms with Crippen molar-refractivity contribution in [3.05, 3.63) is 36.3 Å². The van der Waals surface area contributed by atoms with Crippen LogP contribution in [0.15, 0.2) is 24.9 Å². The molecule has 0 fully saturated rings. The van der Waals surface area contributed by atoms with Gasteiger partial charge in [0.15, 0.2) is 5.82 Å². The topological polar surface area (TPSA) is 34.1 Å². The number of rotatable bonds is 8. The summed E-state index contributed by atoms with van der Waals surface area (Å²) in [4.78, 5) is 3.88. The van der Waals surface area contributed by atoms with E-state index in [1.807, 2.05) is 0 Å². The highest BCUT2D eigenvalue weighted by Gasteiger charge is 2.09. The van der Waals surface area contributed by atoms with Gasteiger partial charge in [-0.15, -0.1) is 6.58 Å². The molecule has 0 saturated carbocycles. The minimum atomic E-state index is -0.375. The monoisotopic (exact) mass is 238 g/mol. The lowest BCUT2D eigenvalue weighted by Crippen LogP contribution is -2.15. The number of hydrogen-bond acceptors (Lipinski definition) is 3. The van der Waals surface area contributed by atoms with Gasteiger partial charge in [-0.25, -0.2) is 9.37 Å². The molecule has 0 bridgehead atoms. The van der Waals surface area contributed by atoms with Crippen molar-refractivity contribution >= 4 is 0 Å². The Labute approximate surface area is 102 Å². The summed E-state index contributed by atoms with van der Waals surface area (Å²) < 4.78 is 19.1. The zero-order valence-electron chi connectivity index (χ0n) is 10.2. The fraction of sp³-hybridized carbons (Fsp3) is 0.462. The second kappa shape index (κ2) is 7.79. The summed E-state index contributed by atoms with van der Waals surface area (Å²) in [5.74, 6) is -0.303. The van der Waals surface area contributed by atoms with Gasteiger partial charge < -0.3 is 10.1 Å². The molecular weight excluding hydrogens is 219 g/mol. The van der Waals surface area contributed by atoms with Gasteiger partial charge in [-0.3, -0.25) is 0 Å². The van der Waals surface area contributed by atoms with Gasteiger partial charge in [0.25, 0.3) is 5.88 Å². The number of aromatic nitrogens is 1. The molecule has 0 spiro atoms. The van der Waals surface area contributed by atoms with E-state index in [9.17, 15) is 4.39 Å². The van der Waals surface area contributed by atoms with Crippen LogP contribution in [0.25, 0.3) is 0 Å². The summed E-state index contributed by atoms with van der Waals surface area (Å²) in [5.41, 5.74) is 0.585. The van der Waals surface area contributed by atoms with E-state index in [2.05, 4.69) is 23.8 Å². The predicted octanol–water partition coefficient (Wildman–Crippen LogP) is 2.68. The molecule has 4 heteroatoms. The summed E-state index contributed by atoms with van der Waals surface area (Å²) >= 11 is 0. The molecule has 94 valence electrons. The number of halogens is 1. The Morgan fingerprint density at radius 2 is 2.41 bits per heavy atom. The van der Waals surface area contributed by atoms with Crippen LogP contribution in [0.1, 0.15) is 25.3 Å². The average molecular weight is 238 g/mol. The van der Waals surface area contributed by atoms with Crippen molar-refractivity contribution in [2.24, 2.45) is 0 Å². The van der Waals surface area contributed by atoms with Gasteiger partial charge in [0.05, 0.1) is 6.61 Å². The number of ether oxygens (including phenoxy) is 1. The van der Waals surface area contributed by atoms with E-state index in [0.717, 1.165) is 13.0 Å². The molecule has 1 rings (SSSR count). The summed E-state index contributed by atoms with van der Waals surface area (Å²) in [6.07, 6.45) is 4.99. The first-order chi connectivity index (χ1) is 8.29. The lowest BCUT2D eigenvalue weighted by molar-refractivity contribution is 0.293. The van der Waals surface area contributed by atoms with Gasteiger partial charge in [0.1, 0.15) is 0 Å². The first-order valence-electron chi connectivity index (χ1n) is 5.87. The minimum Gasteiger partial charge on any atom is -0.475 e. The van der Waals surface area contributed by atoms with Gasteiger partial charge in [-0.2, -0.15) is 0 Å². The Bertz CT molecular complexity index is 355. The van der Waals surface area contributed by atoms with E-state index in [4.69, 9.17) is 4.74 Å². The third-order valence-corrected chi connectivity index (χ3v) is 2.24. The molecule has 0 aliphatic rings. The number of nitrogens with one attached hydrogen (secondary N) is 1. The van der Waals surface area contributed by atoms with Crippen LogP contribution in [0.4, 0.5) is 4.39 Å². The van der Waals surface area contributed by atoms with Crippen molar-refractivity contribution in [3.8, 4) is 5.88 Å². The molecule has 0 saturated heterocycles. The van der Waals surface area contributed by atoms with Gasteiger partial charge in [0, 0.05) is 18.3 Å². The molecule has 0 atom stereocenters. The van der Waals surface area contributed by atoms with E-state index >= 15 is 0 Å². The molecule has 1 N–H and O–H groups in total. The van der Waals surface area contributed by atoms with Crippen LogP contribution in [0.3, 0.4) is 0 Å². The highest BCUT2D eigenvalue weighted by Crippen LogP contribution is 2.17. The summed E-state index contributed by atoms with van der Waals surface area (Å²) in [6, 6.07) is 1.67. The van der Waals surface area contributed by atoms with Crippen molar-refractivity contribution in [3.63, 3.8) is 0 Å². The van der Waals surface area contributed by atoms with Gasteiger partial charge in [-0.1, -0.05) is 13.0 Å². The molecule has 1 aromatic heterocycles. The molecule has 17 heavy (non-hydrogen) atoms. The average Bonchev–Trinajstić information content (AvgIpc) is 2.34. The van der Waals surface area contributed by atoms with Crippen LogP contribution in [0.5, 0.6) is 5.88 Å². The third-order valence-electron chi connectivity index (χ3n) is 2.24. The normalized spacial score (nSPS) is 10.2. The maximum atomic E-state index is 13.9. The van der Waals surface area contributed by atoms with Crippen LogP contribution in [0.2, 0.25) is 0 Å². The Morgan fingerprint density at radius 1 is 1.59 bits per heavy atom. The highest BCUT2D eigenvalue weighted by molar-refractivity contribution is 5.23. The molecular formula is C13H19FN2O. The Balaban J connectivity index is 2.59. The van der Waals surface area contributed by atoms with E-state index in [1.165, 1.54) is 0 Å². The van der Waals surface area contributed by atoms with Crippen LogP contribution in [-0.4, -0.2) is 18.1 Å². The lowest BCUT2D eigenvalue weighted by atomic mass is 10.2. The highest BCUT2D eigenvalue weighted by atomic mass is 19.1. The van der Waals surface area contributed by atoms with Crippen LogP contribution >= 0.6 is 0 Å². The summed E-state index contributed by atoms with van der Waals surface area (Å²) in [5, 5.41) is 3.15. The van der Waals surface area contributed by atoms with E-state index in [1.54, 1.807) is 18.3 Å². The molecule has 0 radical (unpaired) electrons. The van der Waals surface area contributed by atoms with Crippen LogP contribution in [-0.2, 0) is 6.54 Å². The smallest absolute Gasteiger partial charge is 0.250 e. The fourth-order valence-electron chi connectivity index (χ4n) is 1.34. The van der Waals surface area contributed by atoms with E-state index in [-0.39, 0.29) is 11.7 Å². The predicted molar refractivity (Wildman–Crippen MR) is 66.5 cm³/mol. The molecule has 0 aromatic carbocycles. The van der Waals surface area contributed by atoms with Crippen LogP contribution < -0.4 is 10.1 Å². The van der Waals surface area contributed by atoms with Crippen LogP contribution in [0, 0.1) is 5.82 Å². The van der Waals surface area contributed by atoms with E-state index in [0.29, 0.717) is 25.1 Å². The summed E-state index contributed by atoms with van der Waals surface area (Å²) in [6.45, 7) is 7.42. The molecule has 0 amide bonds. The minimum absolute atomic E-state index is 0.0719. The van der Waals surface area contributed by atoms with Crippen molar-refractivity contribution < 1.29 is 9.13 Å². The molecule has 0 aliphatic carbocycles. The third kappa shape index (κ3) is 4.53. The van der Waals surface area contributed by atoms with Gasteiger partial charge in [-0.05, 0) is 25.5 Å². The zero-order chi connectivity index (χ0) is 12.5. The maximum absolute atomic E-state index is 13.9. The number of pyridine rings is 1. The molecule has 0 unspecified atom stereocenters. The molecule has 1 aromatic rings. The number of nitrogens with zero attached hydrogens (tertiary/aromatic N) is 1. The first-order valence-corrected chi connectivity index (χ1v) is 5.87. The lowest BCUT2D eigenvalue weighted by Gasteiger charge is -2.08. The Kier molecular flexibility index (Phi) is 6.25. The van der Waals surface area contributed by atoms with Gasteiger partial charge in [0.2, 0.25) is 0 Å². The van der Waals surface area contributed by atoms with Crippen molar-refractivity contribution in [1.29, 1.82) is 0 Å². The first kappa shape index (κ1) is 13.6. The Hall–Kier alpha value is -1.42. The zero-order valence-corrected chi connectivity index (χ0v) is 10.2. The molecule has 3 nitrogen and oxygen atoms in total. The van der Waals surface area contributed by atoms with Gasteiger partial charge >= 0.3 is 0 Å². The number of hydrogen-bond donors (Lipinski definition) is 1. The van der Waals surface area contributed by atoms with Crippen molar-refractivity contribution in [1.82, 2.24) is 10.3 Å². The standard InChI is InChI=1S/C13H19FN2O/c1-3-5-9-17-13-12(14)11(6-8-16-13)10-15-7-4-2/h3,6,8,15H,1,4-5,7,9-10H2,2H3. The summed E-state index contributed by atoms with van der Waals surface area (Å²) in [7, 11) is 0. The second-order valence-electron chi connectivity index (χ2n) is 3.69.